The van der Waals surface area contributed by atoms with Crippen LogP contribution >= 0.6 is 15.9 Å². The van der Waals surface area contributed by atoms with Gasteiger partial charge in [0, 0.05) is 29.2 Å². The van der Waals surface area contributed by atoms with Crippen LogP contribution in [0.15, 0.2) is 53.0 Å². The van der Waals surface area contributed by atoms with E-state index in [4.69, 9.17) is 0 Å². The van der Waals surface area contributed by atoms with Gasteiger partial charge in [0.25, 0.3) is 11.8 Å². The summed E-state index contributed by atoms with van der Waals surface area (Å²) in [4.78, 5) is 40.6. The molecule has 2 aromatic rings. The number of carbonyl (C=O) groups is 3. The monoisotopic (exact) mass is 428 g/mol. The topological polar surface area (TPSA) is 57.7 Å². The van der Waals surface area contributed by atoms with Gasteiger partial charge in [-0.25, -0.2) is 0 Å². The van der Waals surface area contributed by atoms with Gasteiger partial charge in [0.05, 0.1) is 11.1 Å². The molecule has 0 saturated heterocycles. The molecule has 1 heterocycles. The van der Waals surface area contributed by atoms with Gasteiger partial charge in [-0.1, -0.05) is 34.1 Å². The minimum Gasteiger partial charge on any atom is -0.310 e. The second kappa shape index (κ2) is 8.05. The fraction of sp³-hybridized carbons (Fsp3) is 0.286. The Morgan fingerprint density at radius 3 is 2.37 bits per heavy atom. The van der Waals surface area contributed by atoms with Gasteiger partial charge in [-0.2, -0.15) is 0 Å². The number of nitrogens with zero attached hydrogens (tertiary/aromatic N) is 2. The fourth-order valence-electron chi connectivity index (χ4n) is 3.29. The lowest BCUT2D eigenvalue weighted by Crippen LogP contribution is -2.38. The van der Waals surface area contributed by atoms with E-state index in [1.54, 1.807) is 23.1 Å². The molecule has 1 aliphatic heterocycles. The van der Waals surface area contributed by atoms with Crippen molar-refractivity contribution >= 4 is 39.3 Å². The van der Waals surface area contributed by atoms with Gasteiger partial charge >= 0.3 is 0 Å². The number of fused-ring (bicyclic) bond motifs is 1. The molecule has 0 N–H and O–H groups in total. The Labute approximate surface area is 167 Å². The number of para-hydroxylation sites is 1. The fourth-order valence-corrected chi connectivity index (χ4v) is 3.65. The normalized spacial score (nSPS) is 13.3. The Morgan fingerprint density at radius 2 is 1.70 bits per heavy atom. The van der Waals surface area contributed by atoms with E-state index in [9.17, 15) is 14.4 Å². The van der Waals surface area contributed by atoms with Crippen LogP contribution in [0, 0.1) is 0 Å². The summed E-state index contributed by atoms with van der Waals surface area (Å²) in [5, 5.41) is 0. The van der Waals surface area contributed by atoms with Gasteiger partial charge in [-0.3, -0.25) is 19.3 Å². The van der Waals surface area contributed by atoms with Crippen molar-refractivity contribution < 1.29 is 14.4 Å². The SMILES string of the molecule is CC(C)N(C(=O)CCCN1C(=O)c2ccc(Br)cc2C1=O)c1ccccc1. The number of imide groups is 1. The van der Waals surface area contributed by atoms with Crippen LogP contribution in [-0.4, -0.2) is 35.2 Å². The van der Waals surface area contributed by atoms with E-state index in [-0.39, 0.29) is 36.7 Å². The molecule has 0 bridgehead atoms. The van der Waals surface area contributed by atoms with Crippen molar-refractivity contribution in [2.75, 3.05) is 11.4 Å². The molecule has 2 aromatic carbocycles. The third-order valence-electron chi connectivity index (χ3n) is 4.52. The highest BCUT2D eigenvalue weighted by Crippen LogP contribution is 2.26. The molecule has 0 aliphatic carbocycles. The maximum atomic E-state index is 12.7. The van der Waals surface area contributed by atoms with Gasteiger partial charge in [-0.05, 0) is 50.6 Å². The molecule has 5 nitrogen and oxygen atoms in total. The number of anilines is 1. The zero-order chi connectivity index (χ0) is 19.6. The standard InChI is InChI=1S/C21H21BrN2O3/c1-14(2)24(16-7-4-3-5-8-16)19(25)9-6-12-23-20(26)17-11-10-15(22)13-18(17)21(23)27/h3-5,7-8,10-11,13-14H,6,9,12H2,1-2H3. The molecule has 0 aromatic heterocycles. The van der Waals surface area contributed by atoms with Crippen LogP contribution in [0.1, 0.15) is 47.4 Å². The van der Waals surface area contributed by atoms with Gasteiger partial charge < -0.3 is 4.90 Å². The van der Waals surface area contributed by atoms with Crippen molar-refractivity contribution in [2.45, 2.75) is 32.7 Å². The first-order valence-corrected chi connectivity index (χ1v) is 9.72. The molecule has 6 heteroatoms. The van der Waals surface area contributed by atoms with Crippen molar-refractivity contribution in [3.05, 3.63) is 64.1 Å². The van der Waals surface area contributed by atoms with Crippen LogP contribution in [-0.2, 0) is 4.79 Å². The van der Waals surface area contributed by atoms with Crippen LogP contribution in [0.25, 0.3) is 0 Å². The highest BCUT2D eigenvalue weighted by molar-refractivity contribution is 9.10. The van der Waals surface area contributed by atoms with Crippen LogP contribution in [0.3, 0.4) is 0 Å². The third-order valence-corrected chi connectivity index (χ3v) is 5.02. The van der Waals surface area contributed by atoms with E-state index in [2.05, 4.69) is 15.9 Å². The second-order valence-corrected chi connectivity index (χ2v) is 7.66. The Bertz CT molecular complexity index is 880. The van der Waals surface area contributed by atoms with Gasteiger partial charge in [-0.15, -0.1) is 0 Å². The van der Waals surface area contributed by atoms with Crippen molar-refractivity contribution in [2.24, 2.45) is 0 Å². The lowest BCUT2D eigenvalue weighted by atomic mass is 10.1. The highest BCUT2D eigenvalue weighted by Gasteiger charge is 2.35. The zero-order valence-electron chi connectivity index (χ0n) is 15.3. The average molecular weight is 429 g/mol. The van der Waals surface area contributed by atoms with Crippen molar-refractivity contribution in [3.8, 4) is 0 Å². The van der Waals surface area contributed by atoms with Crippen LogP contribution in [0.5, 0.6) is 0 Å². The number of carbonyl (C=O) groups excluding carboxylic acids is 3. The lowest BCUT2D eigenvalue weighted by Gasteiger charge is -2.27. The van der Waals surface area contributed by atoms with Crippen LogP contribution in [0.4, 0.5) is 5.69 Å². The molecule has 0 atom stereocenters. The van der Waals surface area contributed by atoms with Crippen molar-refractivity contribution in [1.29, 1.82) is 0 Å². The van der Waals surface area contributed by atoms with Crippen LogP contribution in [0.2, 0.25) is 0 Å². The first-order chi connectivity index (χ1) is 12.9. The first kappa shape index (κ1) is 19.3. The Balaban J connectivity index is 1.63. The average Bonchev–Trinajstić information content (AvgIpc) is 2.86. The molecule has 3 amide bonds. The van der Waals surface area contributed by atoms with E-state index in [0.29, 0.717) is 17.5 Å². The minimum absolute atomic E-state index is 0.0180. The van der Waals surface area contributed by atoms with Crippen molar-refractivity contribution in [1.82, 2.24) is 4.90 Å². The molecule has 0 spiro atoms. The molecule has 0 fully saturated rings. The molecular weight excluding hydrogens is 408 g/mol. The quantitative estimate of drug-likeness (QED) is 0.645. The number of hydrogen-bond donors (Lipinski definition) is 0. The Hall–Kier alpha value is -2.47. The summed E-state index contributed by atoms with van der Waals surface area (Å²) in [6.45, 7) is 4.16. The second-order valence-electron chi connectivity index (χ2n) is 6.75. The molecule has 3 rings (SSSR count). The number of halogens is 1. The summed E-state index contributed by atoms with van der Waals surface area (Å²) in [7, 11) is 0. The molecule has 0 saturated carbocycles. The molecule has 0 radical (unpaired) electrons. The maximum absolute atomic E-state index is 12.7. The first-order valence-electron chi connectivity index (χ1n) is 8.93. The predicted molar refractivity (Wildman–Crippen MR) is 108 cm³/mol. The number of amides is 3. The Kier molecular flexibility index (Phi) is 5.75. The molecule has 0 unspecified atom stereocenters. The van der Waals surface area contributed by atoms with Gasteiger partial charge in [0.2, 0.25) is 5.91 Å². The molecule has 140 valence electrons. The summed E-state index contributed by atoms with van der Waals surface area (Å²) in [6, 6.07) is 14.6. The lowest BCUT2D eigenvalue weighted by molar-refractivity contribution is -0.119. The number of hydrogen-bond acceptors (Lipinski definition) is 3. The summed E-state index contributed by atoms with van der Waals surface area (Å²) in [5.41, 5.74) is 1.68. The van der Waals surface area contributed by atoms with E-state index >= 15 is 0 Å². The molecule has 27 heavy (non-hydrogen) atoms. The third kappa shape index (κ3) is 3.95. The maximum Gasteiger partial charge on any atom is 0.261 e. The van der Waals surface area contributed by atoms with E-state index in [1.807, 2.05) is 44.2 Å². The summed E-state index contributed by atoms with van der Waals surface area (Å²) in [6.07, 6.45) is 0.700. The number of rotatable bonds is 6. The van der Waals surface area contributed by atoms with E-state index in [1.165, 1.54) is 4.90 Å². The van der Waals surface area contributed by atoms with E-state index in [0.717, 1.165) is 10.2 Å². The summed E-state index contributed by atoms with van der Waals surface area (Å²) >= 11 is 3.32. The molecular formula is C21H21BrN2O3. The Morgan fingerprint density at radius 1 is 1.04 bits per heavy atom. The number of benzene rings is 2. The summed E-state index contributed by atoms with van der Waals surface area (Å²) < 4.78 is 0.759. The van der Waals surface area contributed by atoms with E-state index < -0.39 is 0 Å². The smallest absolute Gasteiger partial charge is 0.261 e. The van der Waals surface area contributed by atoms with Gasteiger partial charge in [0.15, 0.2) is 0 Å². The summed E-state index contributed by atoms with van der Waals surface area (Å²) in [5.74, 6) is -0.609. The van der Waals surface area contributed by atoms with Gasteiger partial charge in [0.1, 0.15) is 0 Å². The predicted octanol–water partition coefficient (Wildman–Crippen LogP) is 4.27. The minimum atomic E-state index is -0.299. The van der Waals surface area contributed by atoms with Crippen molar-refractivity contribution in [3.63, 3.8) is 0 Å². The van der Waals surface area contributed by atoms with Crippen LogP contribution < -0.4 is 4.90 Å². The largest absolute Gasteiger partial charge is 0.310 e. The zero-order valence-corrected chi connectivity index (χ0v) is 16.9. The molecule has 1 aliphatic rings. The highest BCUT2D eigenvalue weighted by atomic mass is 79.9.